The number of hydrogen-bond donors (Lipinski definition) is 2. The molecular weight excluding hydrogens is 276 g/mol. The van der Waals surface area contributed by atoms with Crippen LogP contribution in [0.4, 0.5) is 11.6 Å². The van der Waals surface area contributed by atoms with Crippen LogP contribution in [0.25, 0.3) is 0 Å². The van der Waals surface area contributed by atoms with Gasteiger partial charge in [0.25, 0.3) is 5.91 Å². The van der Waals surface area contributed by atoms with Crippen LogP contribution < -0.4 is 10.6 Å². The Morgan fingerprint density at radius 1 is 1.27 bits per heavy atom. The normalized spacial score (nSPS) is 11.8. The molecule has 1 heterocycles. The van der Waals surface area contributed by atoms with Crippen molar-refractivity contribution < 1.29 is 4.79 Å². The SMILES string of the molecule is CCC(C)NC(=O)c1ccnc(Nc2cccc(C)c2C)n1. The van der Waals surface area contributed by atoms with Gasteiger partial charge in [0.15, 0.2) is 0 Å². The largest absolute Gasteiger partial charge is 0.348 e. The van der Waals surface area contributed by atoms with Crippen molar-refractivity contribution in [2.75, 3.05) is 5.32 Å². The van der Waals surface area contributed by atoms with Crippen molar-refractivity contribution in [1.82, 2.24) is 15.3 Å². The number of hydrogen-bond acceptors (Lipinski definition) is 4. The van der Waals surface area contributed by atoms with E-state index < -0.39 is 0 Å². The molecule has 0 fully saturated rings. The topological polar surface area (TPSA) is 66.9 Å². The number of anilines is 2. The summed E-state index contributed by atoms with van der Waals surface area (Å²) in [5.41, 5.74) is 3.64. The number of aryl methyl sites for hydroxylation is 1. The molecule has 0 saturated heterocycles. The first-order chi connectivity index (χ1) is 10.5. The lowest BCUT2D eigenvalue weighted by Crippen LogP contribution is -2.32. The molecular formula is C17H22N4O. The lowest BCUT2D eigenvalue weighted by molar-refractivity contribution is 0.0934. The fourth-order valence-electron chi connectivity index (χ4n) is 1.95. The number of carbonyl (C=O) groups excluding carboxylic acids is 1. The maximum absolute atomic E-state index is 12.1. The lowest BCUT2D eigenvalue weighted by Gasteiger charge is -2.12. The molecule has 0 radical (unpaired) electrons. The summed E-state index contributed by atoms with van der Waals surface area (Å²) in [6, 6.07) is 7.74. The summed E-state index contributed by atoms with van der Waals surface area (Å²) in [5, 5.41) is 6.07. The number of benzene rings is 1. The van der Waals surface area contributed by atoms with Gasteiger partial charge in [0, 0.05) is 17.9 Å². The van der Waals surface area contributed by atoms with Gasteiger partial charge >= 0.3 is 0 Å². The maximum Gasteiger partial charge on any atom is 0.270 e. The van der Waals surface area contributed by atoms with Gasteiger partial charge < -0.3 is 10.6 Å². The zero-order chi connectivity index (χ0) is 16.1. The number of aromatic nitrogens is 2. The Morgan fingerprint density at radius 2 is 2.05 bits per heavy atom. The van der Waals surface area contributed by atoms with Gasteiger partial charge in [-0.05, 0) is 50.5 Å². The molecule has 2 rings (SSSR count). The number of nitrogens with zero attached hydrogens (tertiary/aromatic N) is 2. The smallest absolute Gasteiger partial charge is 0.270 e. The average molecular weight is 298 g/mol. The molecule has 116 valence electrons. The highest BCUT2D eigenvalue weighted by atomic mass is 16.1. The van der Waals surface area contributed by atoms with Crippen molar-refractivity contribution in [3.63, 3.8) is 0 Å². The molecule has 5 heteroatoms. The van der Waals surface area contributed by atoms with E-state index in [4.69, 9.17) is 0 Å². The van der Waals surface area contributed by atoms with E-state index in [1.807, 2.05) is 32.9 Å². The van der Waals surface area contributed by atoms with Gasteiger partial charge in [-0.25, -0.2) is 9.97 Å². The van der Waals surface area contributed by atoms with Crippen molar-refractivity contribution in [3.05, 3.63) is 47.3 Å². The standard InChI is InChI=1S/C17H22N4O/c1-5-12(3)19-16(22)15-9-10-18-17(21-15)20-14-8-6-7-11(2)13(14)4/h6-10,12H,5H2,1-4H3,(H,19,22)(H,18,20,21). The van der Waals surface area contributed by atoms with Crippen molar-refractivity contribution in [1.29, 1.82) is 0 Å². The van der Waals surface area contributed by atoms with E-state index in [9.17, 15) is 4.79 Å². The molecule has 0 aliphatic carbocycles. The van der Waals surface area contributed by atoms with Gasteiger partial charge in [-0.15, -0.1) is 0 Å². The highest BCUT2D eigenvalue weighted by Crippen LogP contribution is 2.20. The van der Waals surface area contributed by atoms with E-state index >= 15 is 0 Å². The van der Waals surface area contributed by atoms with Crippen LogP contribution >= 0.6 is 0 Å². The predicted molar refractivity (Wildman–Crippen MR) is 88.4 cm³/mol. The molecule has 0 bridgehead atoms. The molecule has 0 aliphatic rings. The molecule has 1 atom stereocenters. The van der Waals surface area contributed by atoms with E-state index in [1.54, 1.807) is 12.3 Å². The summed E-state index contributed by atoms with van der Waals surface area (Å²) in [6.45, 7) is 8.08. The number of nitrogens with one attached hydrogen (secondary N) is 2. The van der Waals surface area contributed by atoms with E-state index in [2.05, 4.69) is 33.6 Å². The monoisotopic (exact) mass is 298 g/mol. The summed E-state index contributed by atoms with van der Waals surface area (Å²) >= 11 is 0. The zero-order valence-electron chi connectivity index (χ0n) is 13.5. The van der Waals surface area contributed by atoms with E-state index in [1.165, 1.54) is 5.56 Å². The second-order valence-corrected chi connectivity index (χ2v) is 5.42. The van der Waals surface area contributed by atoms with Crippen LogP contribution in [-0.4, -0.2) is 21.9 Å². The molecule has 1 aromatic carbocycles. The lowest BCUT2D eigenvalue weighted by atomic mass is 10.1. The minimum Gasteiger partial charge on any atom is -0.348 e. The van der Waals surface area contributed by atoms with Gasteiger partial charge in [-0.2, -0.15) is 0 Å². The number of carbonyl (C=O) groups is 1. The minimum atomic E-state index is -0.180. The quantitative estimate of drug-likeness (QED) is 0.888. The molecule has 2 aromatic rings. The molecule has 0 saturated carbocycles. The van der Waals surface area contributed by atoms with Crippen LogP contribution in [0, 0.1) is 13.8 Å². The minimum absolute atomic E-state index is 0.123. The van der Waals surface area contributed by atoms with E-state index in [-0.39, 0.29) is 11.9 Å². The second-order valence-electron chi connectivity index (χ2n) is 5.42. The Labute approximate surface area is 131 Å². The maximum atomic E-state index is 12.1. The van der Waals surface area contributed by atoms with Gasteiger partial charge in [-0.1, -0.05) is 19.1 Å². The third-order valence-electron chi connectivity index (χ3n) is 3.73. The molecule has 1 amide bonds. The molecule has 1 aromatic heterocycles. The average Bonchev–Trinajstić information content (AvgIpc) is 2.52. The van der Waals surface area contributed by atoms with Gasteiger partial charge in [0.05, 0.1) is 0 Å². The van der Waals surface area contributed by atoms with Crippen molar-refractivity contribution in [3.8, 4) is 0 Å². The van der Waals surface area contributed by atoms with Gasteiger partial charge in [0.2, 0.25) is 5.95 Å². The third-order valence-corrected chi connectivity index (χ3v) is 3.73. The Bertz CT molecular complexity index is 669. The van der Waals surface area contributed by atoms with Crippen molar-refractivity contribution in [2.45, 2.75) is 40.2 Å². The van der Waals surface area contributed by atoms with Crippen LogP contribution in [0.2, 0.25) is 0 Å². The molecule has 1 unspecified atom stereocenters. The first kappa shape index (κ1) is 15.9. The number of amides is 1. The highest BCUT2D eigenvalue weighted by Gasteiger charge is 2.11. The molecule has 0 spiro atoms. The molecule has 2 N–H and O–H groups in total. The Kier molecular flexibility index (Phi) is 5.09. The zero-order valence-corrected chi connectivity index (χ0v) is 13.5. The van der Waals surface area contributed by atoms with Crippen LogP contribution in [0.5, 0.6) is 0 Å². The van der Waals surface area contributed by atoms with Crippen molar-refractivity contribution in [2.24, 2.45) is 0 Å². The molecule has 22 heavy (non-hydrogen) atoms. The summed E-state index contributed by atoms with van der Waals surface area (Å²) in [4.78, 5) is 20.6. The summed E-state index contributed by atoms with van der Waals surface area (Å²) < 4.78 is 0. The Balaban J connectivity index is 2.18. The second kappa shape index (κ2) is 7.02. The third kappa shape index (κ3) is 3.81. The predicted octanol–water partition coefficient (Wildman–Crippen LogP) is 3.37. The van der Waals surface area contributed by atoms with E-state index in [0.29, 0.717) is 11.6 Å². The van der Waals surface area contributed by atoms with Crippen LogP contribution in [0.15, 0.2) is 30.5 Å². The Hall–Kier alpha value is -2.43. The highest BCUT2D eigenvalue weighted by molar-refractivity contribution is 5.92. The summed E-state index contributed by atoms with van der Waals surface area (Å²) in [7, 11) is 0. The van der Waals surface area contributed by atoms with Gasteiger partial charge in [0.1, 0.15) is 5.69 Å². The van der Waals surface area contributed by atoms with Crippen LogP contribution in [0.3, 0.4) is 0 Å². The summed E-state index contributed by atoms with van der Waals surface area (Å²) in [5.74, 6) is 0.242. The van der Waals surface area contributed by atoms with Crippen molar-refractivity contribution >= 4 is 17.5 Å². The fraction of sp³-hybridized carbons (Fsp3) is 0.353. The fourth-order valence-corrected chi connectivity index (χ4v) is 1.95. The first-order valence-corrected chi connectivity index (χ1v) is 7.48. The summed E-state index contributed by atoms with van der Waals surface area (Å²) in [6.07, 6.45) is 2.47. The number of rotatable bonds is 5. The van der Waals surface area contributed by atoms with E-state index in [0.717, 1.165) is 17.7 Å². The Morgan fingerprint density at radius 3 is 2.77 bits per heavy atom. The van der Waals surface area contributed by atoms with Gasteiger partial charge in [-0.3, -0.25) is 4.79 Å². The van der Waals surface area contributed by atoms with Crippen LogP contribution in [-0.2, 0) is 0 Å². The van der Waals surface area contributed by atoms with Crippen LogP contribution in [0.1, 0.15) is 41.9 Å². The first-order valence-electron chi connectivity index (χ1n) is 7.48. The molecule has 5 nitrogen and oxygen atoms in total. The molecule has 0 aliphatic heterocycles.